The number of ketones is 1. The Balaban J connectivity index is 1.71. The van der Waals surface area contributed by atoms with Crippen LogP contribution in [0.3, 0.4) is 0 Å². The van der Waals surface area contributed by atoms with Crippen molar-refractivity contribution in [1.29, 1.82) is 0 Å². The van der Waals surface area contributed by atoms with Crippen LogP contribution in [0.4, 0.5) is 5.69 Å². The molecule has 0 unspecified atom stereocenters. The number of non-ortho nitro benzene ring substituents is 1. The van der Waals surface area contributed by atoms with E-state index in [1.165, 1.54) is 12.1 Å². The highest BCUT2D eigenvalue weighted by molar-refractivity contribution is 7.99. The van der Waals surface area contributed by atoms with E-state index in [1.807, 2.05) is 31.5 Å². The van der Waals surface area contributed by atoms with Crippen LogP contribution >= 0.6 is 11.8 Å². The molecule has 8 nitrogen and oxygen atoms in total. The molecule has 0 saturated heterocycles. The molecular weight excluding hydrogens is 356 g/mol. The van der Waals surface area contributed by atoms with Crippen LogP contribution in [0.1, 0.15) is 21.7 Å². The molecule has 0 aliphatic carbocycles. The predicted octanol–water partition coefficient (Wildman–Crippen LogP) is 3.58. The van der Waals surface area contributed by atoms with Crippen molar-refractivity contribution < 1.29 is 14.1 Å². The summed E-state index contributed by atoms with van der Waals surface area (Å²) in [5.74, 6) is 0.322. The first-order valence-corrected chi connectivity index (χ1v) is 8.72. The first-order valence-electron chi connectivity index (χ1n) is 7.74. The largest absolute Gasteiger partial charge is 0.411 e. The van der Waals surface area contributed by atoms with Crippen LogP contribution in [-0.4, -0.2) is 31.2 Å². The van der Waals surface area contributed by atoms with Crippen molar-refractivity contribution in [2.75, 3.05) is 5.75 Å². The Kier molecular flexibility index (Phi) is 4.90. The molecule has 0 radical (unpaired) electrons. The van der Waals surface area contributed by atoms with Gasteiger partial charge in [0, 0.05) is 41.7 Å². The highest BCUT2D eigenvalue weighted by Crippen LogP contribution is 2.26. The summed E-state index contributed by atoms with van der Waals surface area (Å²) in [6.45, 7) is 3.85. The number of rotatable bonds is 6. The van der Waals surface area contributed by atoms with Gasteiger partial charge in [-0.25, -0.2) is 0 Å². The third kappa shape index (κ3) is 3.52. The second-order valence-electron chi connectivity index (χ2n) is 5.74. The average Bonchev–Trinajstić information content (AvgIpc) is 3.20. The SMILES string of the molecule is Cc1cc(C(=O)CSc2nnc(-c3cccc([N+](=O)[O-])c3)o2)c(C)n1C. The molecule has 0 bridgehead atoms. The van der Waals surface area contributed by atoms with Gasteiger partial charge in [0.1, 0.15) is 0 Å². The Morgan fingerprint density at radius 1 is 1.31 bits per heavy atom. The molecule has 0 atom stereocenters. The number of nitrogens with zero attached hydrogens (tertiary/aromatic N) is 4. The minimum Gasteiger partial charge on any atom is -0.411 e. The van der Waals surface area contributed by atoms with Gasteiger partial charge in [-0.2, -0.15) is 0 Å². The Morgan fingerprint density at radius 2 is 2.08 bits per heavy atom. The molecule has 3 aromatic rings. The highest BCUT2D eigenvalue weighted by atomic mass is 32.2. The lowest BCUT2D eigenvalue weighted by Crippen LogP contribution is -2.04. The molecule has 26 heavy (non-hydrogen) atoms. The van der Waals surface area contributed by atoms with Gasteiger partial charge in [0.25, 0.3) is 10.9 Å². The van der Waals surface area contributed by atoms with Gasteiger partial charge in [0.15, 0.2) is 5.78 Å². The molecule has 2 aromatic heterocycles. The van der Waals surface area contributed by atoms with Crippen LogP contribution in [0.2, 0.25) is 0 Å². The summed E-state index contributed by atoms with van der Waals surface area (Å²) in [7, 11) is 1.91. The number of benzene rings is 1. The zero-order valence-corrected chi connectivity index (χ0v) is 15.2. The number of hydrogen-bond donors (Lipinski definition) is 0. The lowest BCUT2D eigenvalue weighted by Gasteiger charge is -2.01. The Labute approximate surface area is 153 Å². The summed E-state index contributed by atoms with van der Waals surface area (Å²) in [6, 6.07) is 7.81. The molecule has 134 valence electrons. The molecule has 9 heteroatoms. The fourth-order valence-corrected chi connectivity index (χ4v) is 3.13. The van der Waals surface area contributed by atoms with E-state index in [9.17, 15) is 14.9 Å². The number of carbonyl (C=O) groups is 1. The van der Waals surface area contributed by atoms with Gasteiger partial charge >= 0.3 is 0 Å². The van der Waals surface area contributed by atoms with Crippen LogP contribution < -0.4 is 0 Å². The zero-order valence-electron chi connectivity index (χ0n) is 14.4. The maximum atomic E-state index is 12.4. The highest BCUT2D eigenvalue weighted by Gasteiger charge is 2.17. The van der Waals surface area contributed by atoms with Crippen molar-refractivity contribution in [1.82, 2.24) is 14.8 Å². The summed E-state index contributed by atoms with van der Waals surface area (Å²) in [6.07, 6.45) is 0. The number of Topliss-reactive ketones (excluding diaryl/α,β-unsaturated/α-hetero) is 1. The first kappa shape index (κ1) is 17.9. The van der Waals surface area contributed by atoms with Crippen molar-refractivity contribution >= 4 is 23.2 Å². The Hall–Kier alpha value is -2.94. The first-order chi connectivity index (χ1) is 12.4. The molecule has 0 aliphatic heterocycles. The standard InChI is InChI=1S/C17H16N4O4S/c1-10-7-14(11(2)20(10)3)15(22)9-26-17-19-18-16(25-17)12-5-4-6-13(8-12)21(23)24/h4-8H,9H2,1-3H3. The summed E-state index contributed by atoms with van der Waals surface area (Å²) < 4.78 is 7.47. The lowest BCUT2D eigenvalue weighted by molar-refractivity contribution is -0.384. The van der Waals surface area contributed by atoms with Gasteiger partial charge < -0.3 is 8.98 Å². The number of nitro groups is 1. The van der Waals surface area contributed by atoms with Gasteiger partial charge in [-0.1, -0.05) is 17.8 Å². The molecule has 0 spiro atoms. The van der Waals surface area contributed by atoms with Gasteiger partial charge in [-0.05, 0) is 26.0 Å². The van der Waals surface area contributed by atoms with Crippen molar-refractivity contribution in [3.63, 3.8) is 0 Å². The summed E-state index contributed by atoms with van der Waals surface area (Å²) >= 11 is 1.14. The van der Waals surface area contributed by atoms with E-state index in [0.717, 1.165) is 23.1 Å². The van der Waals surface area contributed by atoms with E-state index in [0.29, 0.717) is 11.1 Å². The lowest BCUT2D eigenvalue weighted by atomic mass is 10.2. The van der Waals surface area contributed by atoms with E-state index in [1.54, 1.807) is 12.1 Å². The fraction of sp³-hybridized carbons (Fsp3) is 0.235. The molecule has 3 rings (SSSR count). The van der Waals surface area contributed by atoms with E-state index < -0.39 is 4.92 Å². The molecule has 2 heterocycles. The second kappa shape index (κ2) is 7.12. The van der Waals surface area contributed by atoms with Crippen LogP contribution in [0.25, 0.3) is 11.5 Å². The quantitative estimate of drug-likeness (QED) is 0.282. The fourth-order valence-electron chi connectivity index (χ4n) is 2.48. The predicted molar refractivity (Wildman–Crippen MR) is 96.3 cm³/mol. The van der Waals surface area contributed by atoms with Crippen LogP contribution in [0.15, 0.2) is 40.0 Å². The number of carbonyl (C=O) groups excluding carboxylic acids is 1. The topological polar surface area (TPSA) is 104 Å². The molecule has 0 amide bonds. The van der Waals surface area contributed by atoms with Crippen molar-refractivity contribution in [2.24, 2.45) is 7.05 Å². The molecule has 0 fully saturated rings. The third-order valence-corrected chi connectivity index (χ3v) is 4.93. The van der Waals surface area contributed by atoms with Gasteiger partial charge in [0.2, 0.25) is 5.89 Å². The number of hydrogen-bond acceptors (Lipinski definition) is 7. The van der Waals surface area contributed by atoms with Crippen LogP contribution in [0.5, 0.6) is 0 Å². The van der Waals surface area contributed by atoms with E-state index in [4.69, 9.17) is 4.42 Å². The molecule has 1 aromatic carbocycles. The van der Waals surface area contributed by atoms with Crippen LogP contribution in [-0.2, 0) is 7.05 Å². The third-order valence-electron chi connectivity index (χ3n) is 4.11. The van der Waals surface area contributed by atoms with Crippen molar-refractivity contribution in [3.05, 3.63) is 57.4 Å². The minimum atomic E-state index is -0.488. The second-order valence-corrected chi connectivity index (χ2v) is 6.66. The van der Waals surface area contributed by atoms with E-state index in [-0.39, 0.29) is 28.3 Å². The summed E-state index contributed by atoms with van der Waals surface area (Å²) in [5.41, 5.74) is 3.01. The monoisotopic (exact) mass is 372 g/mol. The van der Waals surface area contributed by atoms with Crippen LogP contribution in [0, 0.1) is 24.0 Å². The minimum absolute atomic E-state index is 0.0219. The normalized spacial score (nSPS) is 10.9. The Morgan fingerprint density at radius 3 is 2.73 bits per heavy atom. The number of aromatic nitrogens is 3. The molecule has 0 saturated carbocycles. The number of aryl methyl sites for hydroxylation is 1. The molecule has 0 aliphatic rings. The zero-order chi connectivity index (χ0) is 18.8. The number of nitro benzene ring substituents is 1. The van der Waals surface area contributed by atoms with E-state index >= 15 is 0 Å². The van der Waals surface area contributed by atoms with E-state index in [2.05, 4.69) is 10.2 Å². The van der Waals surface area contributed by atoms with Gasteiger partial charge in [-0.3, -0.25) is 14.9 Å². The van der Waals surface area contributed by atoms with Gasteiger partial charge in [0.05, 0.1) is 10.7 Å². The average molecular weight is 372 g/mol. The maximum Gasteiger partial charge on any atom is 0.277 e. The summed E-state index contributed by atoms with van der Waals surface area (Å²) in [4.78, 5) is 22.8. The smallest absolute Gasteiger partial charge is 0.277 e. The number of thioether (sulfide) groups is 1. The Bertz CT molecular complexity index is 993. The van der Waals surface area contributed by atoms with Crippen molar-refractivity contribution in [2.45, 2.75) is 19.1 Å². The summed E-state index contributed by atoms with van der Waals surface area (Å²) in [5, 5.41) is 18.9. The molecule has 0 N–H and O–H groups in total. The van der Waals surface area contributed by atoms with Gasteiger partial charge in [-0.15, -0.1) is 10.2 Å². The molecular formula is C17H16N4O4S. The van der Waals surface area contributed by atoms with Crippen molar-refractivity contribution in [3.8, 4) is 11.5 Å². The maximum absolute atomic E-state index is 12.4.